The summed E-state index contributed by atoms with van der Waals surface area (Å²) in [7, 11) is 2.26. The van der Waals surface area contributed by atoms with Gasteiger partial charge in [-0.15, -0.1) is 0 Å². The predicted octanol–water partition coefficient (Wildman–Crippen LogP) is 3.52. The predicted molar refractivity (Wildman–Crippen MR) is 78.5 cm³/mol. The molecular formula is C15H34N2. The Morgan fingerprint density at radius 2 is 1.65 bits per heavy atom. The van der Waals surface area contributed by atoms with Crippen molar-refractivity contribution < 1.29 is 0 Å². The molecule has 0 aliphatic rings. The average Bonchev–Trinajstić information content (AvgIpc) is 2.22. The summed E-state index contributed by atoms with van der Waals surface area (Å²) in [5.41, 5.74) is 0.350. The first-order chi connectivity index (χ1) is 7.70. The molecule has 0 amide bonds. The van der Waals surface area contributed by atoms with Crippen molar-refractivity contribution in [3.8, 4) is 0 Å². The van der Waals surface area contributed by atoms with Crippen LogP contribution in [0.3, 0.4) is 0 Å². The first-order valence-corrected chi connectivity index (χ1v) is 7.15. The van der Waals surface area contributed by atoms with E-state index in [2.05, 4.69) is 65.7 Å². The molecule has 0 heterocycles. The van der Waals surface area contributed by atoms with Crippen LogP contribution in [0.25, 0.3) is 0 Å². The standard InChI is InChI=1S/C15H34N2/c1-9-10-16-12(2)11-13(3)17(8)14(4)15(5,6)7/h12-14,16H,9-11H2,1-8H3. The minimum Gasteiger partial charge on any atom is -0.314 e. The molecule has 0 radical (unpaired) electrons. The van der Waals surface area contributed by atoms with Crippen LogP contribution in [0.1, 0.15) is 61.3 Å². The largest absolute Gasteiger partial charge is 0.314 e. The lowest BCUT2D eigenvalue weighted by molar-refractivity contribution is 0.0960. The first-order valence-electron chi connectivity index (χ1n) is 7.15. The summed E-state index contributed by atoms with van der Waals surface area (Å²) in [5.74, 6) is 0. The Bertz CT molecular complexity index is 196. The number of nitrogens with one attached hydrogen (secondary N) is 1. The van der Waals surface area contributed by atoms with E-state index in [9.17, 15) is 0 Å². The molecule has 0 aromatic heterocycles. The quantitative estimate of drug-likeness (QED) is 0.735. The summed E-state index contributed by atoms with van der Waals surface area (Å²) >= 11 is 0. The van der Waals surface area contributed by atoms with Gasteiger partial charge in [0.25, 0.3) is 0 Å². The fourth-order valence-electron chi connectivity index (χ4n) is 2.14. The zero-order chi connectivity index (χ0) is 13.6. The maximum absolute atomic E-state index is 3.57. The fourth-order valence-corrected chi connectivity index (χ4v) is 2.14. The van der Waals surface area contributed by atoms with Crippen molar-refractivity contribution in [2.24, 2.45) is 5.41 Å². The van der Waals surface area contributed by atoms with Crippen molar-refractivity contribution in [1.29, 1.82) is 0 Å². The van der Waals surface area contributed by atoms with Crippen molar-refractivity contribution in [3.63, 3.8) is 0 Å². The van der Waals surface area contributed by atoms with Crippen molar-refractivity contribution in [2.45, 2.75) is 79.4 Å². The van der Waals surface area contributed by atoms with Crippen LogP contribution in [0, 0.1) is 5.41 Å². The molecule has 0 aromatic rings. The third-order valence-electron chi connectivity index (χ3n) is 4.00. The second kappa shape index (κ2) is 7.38. The summed E-state index contributed by atoms with van der Waals surface area (Å²) in [6, 6.07) is 1.85. The molecule has 0 aliphatic heterocycles. The lowest BCUT2D eigenvalue weighted by Gasteiger charge is -2.39. The molecule has 0 rings (SSSR count). The van der Waals surface area contributed by atoms with E-state index in [1.165, 1.54) is 12.8 Å². The monoisotopic (exact) mass is 242 g/mol. The number of hydrogen-bond donors (Lipinski definition) is 1. The molecule has 2 nitrogen and oxygen atoms in total. The zero-order valence-electron chi connectivity index (χ0n) is 13.3. The molecule has 1 N–H and O–H groups in total. The normalized spacial score (nSPS) is 18.2. The summed E-state index contributed by atoms with van der Waals surface area (Å²) in [4.78, 5) is 2.52. The number of nitrogens with zero attached hydrogens (tertiary/aromatic N) is 1. The van der Waals surface area contributed by atoms with Crippen LogP contribution in [0.4, 0.5) is 0 Å². The van der Waals surface area contributed by atoms with Gasteiger partial charge < -0.3 is 10.2 Å². The van der Waals surface area contributed by atoms with Crippen LogP contribution in [-0.4, -0.2) is 36.6 Å². The smallest absolute Gasteiger partial charge is 0.0115 e. The Labute approximate surface area is 109 Å². The average molecular weight is 242 g/mol. The van der Waals surface area contributed by atoms with Gasteiger partial charge in [-0.25, -0.2) is 0 Å². The molecule has 0 aromatic carbocycles. The Morgan fingerprint density at radius 3 is 2.06 bits per heavy atom. The van der Waals surface area contributed by atoms with Crippen LogP contribution < -0.4 is 5.32 Å². The van der Waals surface area contributed by atoms with Crippen LogP contribution in [0.5, 0.6) is 0 Å². The highest BCUT2D eigenvalue weighted by molar-refractivity contribution is 4.82. The van der Waals surface area contributed by atoms with Crippen LogP contribution in [-0.2, 0) is 0 Å². The van der Waals surface area contributed by atoms with Crippen molar-refractivity contribution in [2.75, 3.05) is 13.6 Å². The van der Waals surface area contributed by atoms with Crippen molar-refractivity contribution in [3.05, 3.63) is 0 Å². The Morgan fingerprint density at radius 1 is 1.12 bits per heavy atom. The van der Waals surface area contributed by atoms with Gasteiger partial charge in [0.1, 0.15) is 0 Å². The van der Waals surface area contributed by atoms with Crippen LogP contribution in [0.15, 0.2) is 0 Å². The van der Waals surface area contributed by atoms with E-state index in [1.54, 1.807) is 0 Å². The highest BCUT2D eigenvalue weighted by Gasteiger charge is 2.27. The molecule has 3 atom stereocenters. The fraction of sp³-hybridized carbons (Fsp3) is 1.00. The Kier molecular flexibility index (Phi) is 7.34. The molecular weight excluding hydrogens is 208 g/mol. The molecule has 2 heteroatoms. The highest BCUT2D eigenvalue weighted by Crippen LogP contribution is 2.25. The van der Waals surface area contributed by atoms with Crippen LogP contribution in [0.2, 0.25) is 0 Å². The number of rotatable bonds is 7. The summed E-state index contributed by atoms with van der Waals surface area (Å²) in [5, 5.41) is 3.57. The van der Waals surface area contributed by atoms with Gasteiger partial charge in [0.15, 0.2) is 0 Å². The third-order valence-corrected chi connectivity index (χ3v) is 4.00. The van der Waals surface area contributed by atoms with E-state index < -0.39 is 0 Å². The Balaban J connectivity index is 4.17. The highest BCUT2D eigenvalue weighted by atomic mass is 15.2. The van der Waals surface area contributed by atoms with Gasteiger partial charge in [-0.05, 0) is 52.6 Å². The second-order valence-corrected chi connectivity index (χ2v) is 6.65. The van der Waals surface area contributed by atoms with E-state index in [4.69, 9.17) is 0 Å². The SMILES string of the molecule is CCCNC(C)CC(C)N(C)C(C)C(C)(C)C. The molecule has 3 unspecified atom stereocenters. The van der Waals surface area contributed by atoms with E-state index in [1.807, 2.05) is 0 Å². The van der Waals surface area contributed by atoms with Gasteiger partial charge in [0, 0.05) is 18.1 Å². The lowest BCUT2D eigenvalue weighted by atomic mass is 9.86. The second-order valence-electron chi connectivity index (χ2n) is 6.65. The maximum Gasteiger partial charge on any atom is 0.0115 e. The van der Waals surface area contributed by atoms with Crippen molar-refractivity contribution in [1.82, 2.24) is 10.2 Å². The summed E-state index contributed by atoms with van der Waals surface area (Å²) in [6.45, 7) is 17.3. The molecule has 0 saturated heterocycles. The topological polar surface area (TPSA) is 15.3 Å². The van der Waals surface area contributed by atoms with Gasteiger partial charge in [0.2, 0.25) is 0 Å². The molecule has 0 saturated carbocycles. The number of hydrogen-bond acceptors (Lipinski definition) is 2. The van der Waals surface area contributed by atoms with Gasteiger partial charge in [0.05, 0.1) is 0 Å². The Hall–Kier alpha value is -0.0800. The zero-order valence-corrected chi connectivity index (χ0v) is 13.3. The maximum atomic E-state index is 3.57. The van der Waals surface area contributed by atoms with Crippen LogP contribution >= 0.6 is 0 Å². The summed E-state index contributed by atoms with van der Waals surface area (Å²) in [6.07, 6.45) is 2.43. The molecule has 17 heavy (non-hydrogen) atoms. The summed E-state index contributed by atoms with van der Waals surface area (Å²) < 4.78 is 0. The van der Waals surface area contributed by atoms with Gasteiger partial charge >= 0.3 is 0 Å². The van der Waals surface area contributed by atoms with Gasteiger partial charge in [-0.3, -0.25) is 0 Å². The third kappa shape index (κ3) is 6.42. The molecule has 0 aliphatic carbocycles. The molecule has 0 bridgehead atoms. The first kappa shape index (κ1) is 16.9. The molecule has 0 spiro atoms. The van der Waals surface area contributed by atoms with E-state index in [-0.39, 0.29) is 0 Å². The van der Waals surface area contributed by atoms with E-state index >= 15 is 0 Å². The lowest BCUT2D eigenvalue weighted by Crippen LogP contribution is -2.46. The minimum atomic E-state index is 0.350. The minimum absolute atomic E-state index is 0.350. The van der Waals surface area contributed by atoms with E-state index in [0.717, 1.165) is 6.54 Å². The molecule has 104 valence electrons. The van der Waals surface area contributed by atoms with Crippen molar-refractivity contribution >= 4 is 0 Å². The van der Waals surface area contributed by atoms with Gasteiger partial charge in [-0.2, -0.15) is 0 Å². The molecule has 0 fully saturated rings. The van der Waals surface area contributed by atoms with E-state index in [0.29, 0.717) is 23.5 Å². The van der Waals surface area contributed by atoms with Gasteiger partial charge in [-0.1, -0.05) is 27.7 Å².